The van der Waals surface area contributed by atoms with E-state index in [2.05, 4.69) is 58.9 Å². The minimum Gasteiger partial charge on any atom is -0.409 e. The third-order valence-electron chi connectivity index (χ3n) is 4.99. The van der Waals surface area contributed by atoms with Gasteiger partial charge in [0, 0.05) is 7.11 Å². The highest BCUT2D eigenvalue weighted by atomic mass is 32.2. The van der Waals surface area contributed by atoms with E-state index in [4.69, 9.17) is 26.9 Å². The minimum atomic E-state index is -3.98. The molecular weight excluding hydrogens is 521 g/mol. The summed E-state index contributed by atoms with van der Waals surface area (Å²) in [5.74, 6) is 0. The fourth-order valence-corrected chi connectivity index (χ4v) is 7.93. The Morgan fingerprint density at radius 1 is 0.771 bits per heavy atom. The van der Waals surface area contributed by atoms with Gasteiger partial charge < -0.3 is 22.8 Å². The van der Waals surface area contributed by atoms with Gasteiger partial charge in [-0.05, 0) is 78.0 Å². The predicted molar refractivity (Wildman–Crippen MR) is 145 cm³/mol. The third kappa shape index (κ3) is 9.76. The standard InChI is InChI=1S/C23H44O8SSi3/c1-17-12-14-18(15-13-17)32(24,25)27-16-19-20(29-33(3,4)5)21(30-34(6,7)8)22(23(26-2)28-19)31-35(9,10)11/h12-15,19-23H,16H2,1-11H3/t19-,20-,21+,22-,23+/m1/s1. The summed E-state index contributed by atoms with van der Waals surface area (Å²) in [4.78, 5) is 0.0970. The van der Waals surface area contributed by atoms with Crippen LogP contribution in [0.3, 0.4) is 0 Å². The van der Waals surface area contributed by atoms with Crippen molar-refractivity contribution >= 4 is 35.1 Å². The van der Waals surface area contributed by atoms with E-state index >= 15 is 0 Å². The van der Waals surface area contributed by atoms with Gasteiger partial charge in [0.1, 0.15) is 24.4 Å². The fourth-order valence-electron chi connectivity index (χ4n) is 3.76. The van der Waals surface area contributed by atoms with Gasteiger partial charge in [0.05, 0.1) is 11.5 Å². The van der Waals surface area contributed by atoms with Crippen LogP contribution in [0.5, 0.6) is 0 Å². The van der Waals surface area contributed by atoms with E-state index in [-0.39, 0.29) is 11.5 Å². The predicted octanol–water partition coefficient (Wildman–Crippen LogP) is 4.73. The lowest BCUT2D eigenvalue weighted by atomic mass is 9.99. The van der Waals surface area contributed by atoms with E-state index in [1.54, 1.807) is 19.2 Å². The van der Waals surface area contributed by atoms with Gasteiger partial charge in [-0.25, -0.2) is 0 Å². The first-order chi connectivity index (χ1) is 15.8. The first kappa shape index (κ1) is 30.8. The van der Waals surface area contributed by atoms with Crippen molar-refractivity contribution in [3.8, 4) is 0 Å². The number of methoxy groups -OCH3 is 1. The topological polar surface area (TPSA) is 89.5 Å². The molecule has 202 valence electrons. The lowest BCUT2D eigenvalue weighted by Crippen LogP contribution is -2.66. The number of aryl methyl sites for hydroxylation is 1. The number of hydrogen-bond donors (Lipinski definition) is 0. The molecule has 0 saturated carbocycles. The molecule has 1 aromatic carbocycles. The quantitative estimate of drug-likeness (QED) is 0.281. The zero-order valence-corrected chi connectivity index (χ0v) is 26.9. The van der Waals surface area contributed by atoms with E-state index in [0.717, 1.165) is 5.56 Å². The first-order valence-corrected chi connectivity index (χ1v) is 23.6. The van der Waals surface area contributed by atoms with Gasteiger partial charge in [-0.15, -0.1) is 0 Å². The summed E-state index contributed by atoms with van der Waals surface area (Å²) >= 11 is 0. The molecule has 1 fully saturated rings. The Bertz CT molecular complexity index is 920. The molecule has 35 heavy (non-hydrogen) atoms. The zero-order chi connectivity index (χ0) is 26.8. The Kier molecular flexibility index (Phi) is 10.2. The Hall–Kier alpha value is -0.419. The van der Waals surface area contributed by atoms with Crippen molar-refractivity contribution in [1.82, 2.24) is 0 Å². The average molecular weight is 565 g/mol. The minimum absolute atomic E-state index is 0.0970. The molecule has 5 atom stereocenters. The van der Waals surface area contributed by atoms with Crippen molar-refractivity contribution in [3.05, 3.63) is 29.8 Å². The molecule has 0 radical (unpaired) electrons. The number of rotatable bonds is 11. The Labute approximate surface area is 215 Å². The van der Waals surface area contributed by atoms with Crippen molar-refractivity contribution in [2.24, 2.45) is 0 Å². The zero-order valence-electron chi connectivity index (χ0n) is 23.1. The molecule has 0 bridgehead atoms. The summed E-state index contributed by atoms with van der Waals surface area (Å²) in [5, 5.41) is 0. The smallest absolute Gasteiger partial charge is 0.297 e. The molecule has 0 aromatic heterocycles. The molecule has 2 rings (SSSR count). The van der Waals surface area contributed by atoms with Gasteiger partial charge in [0.25, 0.3) is 10.1 Å². The highest BCUT2D eigenvalue weighted by Gasteiger charge is 2.52. The van der Waals surface area contributed by atoms with Crippen LogP contribution >= 0.6 is 0 Å². The van der Waals surface area contributed by atoms with Gasteiger partial charge in [-0.2, -0.15) is 8.42 Å². The molecule has 1 heterocycles. The molecule has 0 aliphatic carbocycles. The molecule has 0 N–H and O–H groups in total. The second-order valence-corrected chi connectivity index (χ2v) is 26.9. The van der Waals surface area contributed by atoms with Crippen molar-refractivity contribution in [3.63, 3.8) is 0 Å². The highest BCUT2D eigenvalue weighted by molar-refractivity contribution is 7.86. The largest absolute Gasteiger partial charge is 0.409 e. The molecule has 8 nitrogen and oxygen atoms in total. The fraction of sp³-hybridized carbons (Fsp3) is 0.739. The molecule has 0 unspecified atom stereocenters. The van der Waals surface area contributed by atoms with Crippen molar-refractivity contribution < 1.29 is 35.4 Å². The van der Waals surface area contributed by atoms with Crippen LogP contribution in [-0.4, -0.2) is 77.8 Å². The maximum Gasteiger partial charge on any atom is 0.297 e. The van der Waals surface area contributed by atoms with Crippen LogP contribution < -0.4 is 0 Å². The Morgan fingerprint density at radius 3 is 1.69 bits per heavy atom. The van der Waals surface area contributed by atoms with Crippen LogP contribution in [0.2, 0.25) is 58.9 Å². The molecule has 0 spiro atoms. The maximum atomic E-state index is 12.9. The Morgan fingerprint density at radius 2 is 1.23 bits per heavy atom. The number of ether oxygens (including phenoxy) is 2. The van der Waals surface area contributed by atoms with Gasteiger partial charge in [-0.3, -0.25) is 4.18 Å². The van der Waals surface area contributed by atoms with Crippen LogP contribution in [0.4, 0.5) is 0 Å². The molecular formula is C23H44O8SSi3. The molecule has 0 amide bonds. The monoisotopic (exact) mass is 564 g/mol. The van der Waals surface area contributed by atoms with Crippen LogP contribution in [0.25, 0.3) is 0 Å². The first-order valence-electron chi connectivity index (χ1n) is 12.0. The summed E-state index contributed by atoms with van der Waals surface area (Å²) in [6.07, 6.45) is -3.05. The number of benzene rings is 1. The summed E-state index contributed by atoms with van der Waals surface area (Å²) < 4.78 is 63.0. The lowest BCUT2D eigenvalue weighted by Gasteiger charge is -2.50. The van der Waals surface area contributed by atoms with E-state index < -0.39 is 65.8 Å². The van der Waals surface area contributed by atoms with E-state index in [1.165, 1.54) is 12.1 Å². The van der Waals surface area contributed by atoms with Gasteiger partial charge in [-0.1, -0.05) is 17.7 Å². The summed E-state index contributed by atoms with van der Waals surface area (Å²) in [6, 6.07) is 6.55. The number of hydrogen-bond acceptors (Lipinski definition) is 8. The van der Waals surface area contributed by atoms with Gasteiger partial charge in [0.2, 0.25) is 0 Å². The summed E-state index contributed by atoms with van der Waals surface area (Å²) in [5.41, 5.74) is 0.964. The summed E-state index contributed by atoms with van der Waals surface area (Å²) in [7, 11) is -8.63. The third-order valence-corrected chi connectivity index (χ3v) is 9.22. The molecule has 1 aliphatic rings. The molecule has 1 aliphatic heterocycles. The van der Waals surface area contributed by atoms with Crippen molar-refractivity contribution in [2.45, 2.75) is 101 Å². The second kappa shape index (κ2) is 11.5. The van der Waals surface area contributed by atoms with Gasteiger partial charge in [0.15, 0.2) is 31.2 Å². The SMILES string of the molecule is CO[C@H]1O[C@H](COS(=O)(=O)c2ccc(C)cc2)[C@@H](O[Si](C)(C)C)[C@H](O[Si](C)(C)C)[C@H]1O[Si](C)(C)C. The van der Waals surface area contributed by atoms with Crippen molar-refractivity contribution in [2.75, 3.05) is 13.7 Å². The van der Waals surface area contributed by atoms with Crippen LogP contribution in [0.15, 0.2) is 29.2 Å². The van der Waals surface area contributed by atoms with E-state index in [1.807, 2.05) is 6.92 Å². The Balaban J connectivity index is 2.42. The molecule has 1 saturated heterocycles. The summed E-state index contributed by atoms with van der Waals surface area (Å²) in [6.45, 7) is 20.5. The van der Waals surface area contributed by atoms with Crippen LogP contribution in [0, 0.1) is 6.92 Å². The van der Waals surface area contributed by atoms with Crippen LogP contribution in [-0.2, 0) is 37.1 Å². The van der Waals surface area contributed by atoms with Crippen LogP contribution in [0.1, 0.15) is 5.56 Å². The maximum absolute atomic E-state index is 12.9. The van der Waals surface area contributed by atoms with E-state index in [9.17, 15) is 8.42 Å². The lowest BCUT2D eigenvalue weighted by molar-refractivity contribution is -0.282. The normalized spacial score (nSPS) is 26.7. The second-order valence-electron chi connectivity index (χ2n) is 11.9. The average Bonchev–Trinajstić information content (AvgIpc) is 2.67. The van der Waals surface area contributed by atoms with Crippen molar-refractivity contribution in [1.29, 1.82) is 0 Å². The molecule has 12 heteroatoms. The van der Waals surface area contributed by atoms with E-state index in [0.29, 0.717) is 0 Å². The highest BCUT2D eigenvalue weighted by Crippen LogP contribution is 2.34. The molecule has 1 aromatic rings. The van der Waals surface area contributed by atoms with Gasteiger partial charge >= 0.3 is 0 Å².